The van der Waals surface area contributed by atoms with Gasteiger partial charge in [-0.15, -0.1) is 0 Å². The number of hydrogen-bond acceptors (Lipinski definition) is 2. The van der Waals surface area contributed by atoms with Crippen molar-refractivity contribution in [3.05, 3.63) is 34.9 Å². The minimum absolute atomic E-state index is 0.00731. The molecular formula is C17H24N2O2. The summed E-state index contributed by atoms with van der Waals surface area (Å²) in [5, 5.41) is 2.99. The largest absolute Gasteiger partial charge is 0.351 e. The first-order valence-corrected chi connectivity index (χ1v) is 7.51. The number of aryl methyl sites for hydroxylation is 2. The molecule has 21 heavy (non-hydrogen) atoms. The number of rotatable bonds is 4. The molecule has 2 amide bonds. The van der Waals surface area contributed by atoms with Crippen molar-refractivity contribution in [3.63, 3.8) is 0 Å². The van der Waals surface area contributed by atoms with Gasteiger partial charge in [-0.2, -0.15) is 0 Å². The van der Waals surface area contributed by atoms with Crippen LogP contribution in [0, 0.1) is 13.8 Å². The normalized spacial score (nSPS) is 18.4. The Morgan fingerprint density at radius 1 is 1.38 bits per heavy atom. The number of carbonyl (C=O) groups is 2. The van der Waals surface area contributed by atoms with Crippen molar-refractivity contribution < 1.29 is 9.59 Å². The third-order valence-corrected chi connectivity index (χ3v) is 4.00. The third kappa shape index (κ3) is 3.84. The summed E-state index contributed by atoms with van der Waals surface area (Å²) in [6.45, 7) is 8.66. The van der Waals surface area contributed by atoms with Crippen molar-refractivity contribution >= 4 is 11.8 Å². The van der Waals surface area contributed by atoms with Crippen LogP contribution < -0.4 is 5.32 Å². The fraction of sp³-hybridized carbons (Fsp3) is 0.529. The lowest BCUT2D eigenvalue weighted by Crippen LogP contribution is -2.39. The van der Waals surface area contributed by atoms with Crippen molar-refractivity contribution in [2.75, 3.05) is 6.54 Å². The van der Waals surface area contributed by atoms with Crippen LogP contribution in [0.4, 0.5) is 0 Å². The van der Waals surface area contributed by atoms with Crippen molar-refractivity contribution in [1.82, 2.24) is 10.2 Å². The monoisotopic (exact) mass is 288 g/mol. The zero-order valence-corrected chi connectivity index (χ0v) is 13.3. The summed E-state index contributed by atoms with van der Waals surface area (Å²) in [6, 6.07) is 6.27. The maximum Gasteiger partial charge on any atom is 0.225 e. The lowest BCUT2D eigenvalue weighted by Gasteiger charge is -2.21. The highest BCUT2D eigenvalue weighted by Gasteiger charge is 2.31. The van der Waals surface area contributed by atoms with Crippen LogP contribution in [-0.4, -0.2) is 35.3 Å². The average Bonchev–Trinajstić information content (AvgIpc) is 2.74. The molecular weight excluding hydrogens is 264 g/mol. The summed E-state index contributed by atoms with van der Waals surface area (Å²) < 4.78 is 0. The van der Waals surface area contributed by atoms with Crippen LogP contribution in [0.25, 0.3) is 0 Å². The predicted octanol–water partition coefficient (Wildman–Crippen LogP) is 1.97. The summed E-state index contributed by atoms with van der Waals surface area (Å²) >= 11 is 0. The standard InChI is InChI=1S/C17H24N2O2/c1-11(2)19-10-15(9-17(19)21)18-16(20)8-14-7-12(3)5-6-13(14)4/h5-7,11,15H,8-10H2,1-4H3,(H,18,20). The SMILES string of the molecule is Cc1ccc(C)c(CC(=O)NC2CC(=O)N(C(C)C)C2)c1. The highest BCUT2D eigenvalue weighted by atomic mass is 16.2. The Balaban J connectivity index is 1.94. The maximum absolute atomic E-state index is 12.2. The van der Waals surface area contributed by atoms with Crippen LogP contribution in [0.15, 0.2) is 18.2 Å². The van der Waals surface area contributed by atoms with Crippen molar-refractivity contribution in [3.8, 4) is 0 Å². The van der Waals surface area contributed by atoms with E-state index in [4.69, 9.17) is 0 Å². The van der Waals surface area contributed by atoms with E-state index < -0.39 is 0 Å². The molecule has 0 spiro atoms. The van der Waals surface area contributed by atoms with Crippen molar-refractivity contribution in [2.24, 2.45) is 0 Å². The van der Waals surface area contributed by atoms with E-state index in [0.717, 1.165) is 16.7 Å². The van der Waals surface area contributed by atoms with Gasteiger partial charge in [-0.1, -0.05) is 23.8 Å². The molecule has 1 heterocycles. The highest BCUT2D eigenvalue weighted by molar-refractivity contribution is 5.83. The van der Waals surface area contributed by atoms with Gasteiger partial charge in [0.1, 0.15) is 0 Å². The smallest absolute Gasteiger partial charge is 0.225 e. The second kappa shape index (κ2) is 6.29. The van der Waals surface area contributed by atoms with Gasteiger partial charge < -0.3 is 10.2 Å². The number of benzene rings is 1. The van der Waals surface area contributed by atoms with E-state index in [9.17, 15) is 9.59 Å². The van der Waals surface area contributed by atoms with Gasteiger partial charge >= 0.3 is 0 Å². The van der Waals surface area contributed by atoms with E-state index in [1.165, 1.54) is 0 Å². The first-order chi connectivity index (χ1) is 9.86. The predicted molar refractivity (Wildman–Crippen MR) is 83.0 cm³/mol. The molecule has 0 bridgehead atoms. The third-order valence-electron chi connectivity index (χ3n) is 4.00. The molecule has 0 aliphatic carbocycles. The molecule has 1 aromatic rings. The lowest BCUT2D eigenvalue weighted by atomic mass is 10.0. The summed E-state index contributed by atoms with van der Waals surface area (Å²) in [5.74, 6) is 0.120. The molecule has 4 nitrogen and oxygen atoms in total. The number of amides is 2. The summed E-state index contributed by atoms with van der Waals surface area (Å²) in [5.41, 5.74) is 3.34. The molecule has 1 atom stereocenters. The molecule has 0 radical (unpaired) electrons. The average molecular weight is 288 g/mol. The van der Waals surface area contributed by atoms with E-state index in [-0.39, 0.29) is 23.9 Å². The zero-order chi connectivity index (χ0) is 15.6. The molecule has 1 aliphatic heterocycles. The van der Waals surface area contributed by atoms with E-state index in [1.54, 1.807) is 0 Å². The molecule has 1 aromatic carbocycles. The van der Waals surface area contributed by atoms with Crippen molar-refractivity contribution in [2.45, 2.75) is 52.6 Å². The second-order valence-electron chi connectivity index (χ2n) is 6.22. The van der Waals surface area contributed by atoms with Gasteiger partial charge in [-0.05, 0) is 38.8 Å². The van der Waals surface area contributed by atoms with E-state index in [2.05, 4.69) is 11.4 Å². The zero-order valence-electron chi connectivity index (χ0n) is 13.3. The van der Waals surface area contributed by atoms with E-state index in [0.29, 0.717) is 19.4 Å². The Bertz CT molecular complexity index is 552. The van der Waals surface area contributed by atoms with Crippen LogP contribution in [0.1, 0.15) is 37.0 Å². The summed E-state index contributed by atoms with van der Waals surface area (Å²) in [4.78, 5) is 25.8. The maximum atomic E-state index is 12.2. The minimum atomic E-state index is -0.0579. The van der Waals surface area contributed by atoms with Crippen LogP contribution in [0.5, 0.6) is 0 Å². The van der Waals surface area contributed by atoms with Crippen LogP contribution in [-0.2, 0) is 16.0 Å². The van der Waals surface area contributed by atoms with E-state index >= 15 is 0 Å². The molecule has 1 N–H and O–H groups in total. The Morgan fingerprint density at radius 3 is 2.71 bits per heavy atom. The molecule has 1 fully saturated rings. The van der Waals surface area contributed by atoms with Gasteiger partial charge in [0.25, 0.3) is 0 Å². The van der Waals surface area contributed by atoms with Crippen LogP contribution in [0.2, 0.25) is 0 Å². The van der Waals surface area contributed by atoms with Gasteiger partial charge in [0.05, 0.1) is 12.5 Å². The van der Waals surface area contributed by atoms with Gasteiger partial charge in [0, 0.05) is 19.0 Å². The van der Waals surface area contributed by atoms with Gasteiger partial charge in [0.2, 0.25) is 11.8 Å². The first-order valence-electron chi connectivity index (χ1n) is 7.51. The molecule has 1 saturated heterocycles. The van der Waals surface area contributed by atoms with Gasteiger partial charge in [-0.3, -0.25) is 9.59 Å². The lowest BCUT2D eigenvalue weighted by molar-refractivity contribution is -0.129. The number of nitrogens with zero attached hydrogens (tertiary/aromatic N) is 1. The number of carbonyl (C=O) groups excluding carboxylic acids is 2. The fourth-order valence-corrected chi connectivity index (χ4v) is 2.77. The highest BCUT2D eigenvalue weighted by Crippen LogP contribution is 2.15. The fourth-order valence-electron chi connectivity index (χ4n) is 2.77. The Kier molecular flexibility index (Phi) is 4.66. The number of likely N-dealkylation sites (tertiary alicyclic amines) is 1. The molecule has 1 aliphatic rings. The van der Waals surface area contributed by atoms with Crippen LogP contribution in [0.3, 0.4) is 0 Å². The molecule has 2 rings (SSSR count). The van der Waals surface area contributed by atoms with Crippen molar-refractivity contribution in [1.29, 1.82) is 0 Å². The molecule has 0 aromatic heterocycles. The van der Waals surface area contributed by atoms with Gasteiger partial charge in [0.15, 0.2) is 0 Å². The topological polar surface area (TPSA) is 49.4 Å². The number of nitrogens with one attached hydrogen (secondary N) is 1. The number of hydrogen-bond donors (Lipinski definition) is 1. The molecule has 4 heteroatoms. The molecule has 1 unspecified atom stereocenters. The van der Waals surface area contributed by atoms with Gasteiger partial charge in [-0.25, -0.2) is 0 Å². The second-order valence-corrected chi connectivity index (χ2v) is 6.22. The molecule has 114 valence electrons. The minimum Gasteiger partial charge on any atom is -0.351 e. The first kappa shape index (κ1) is 15.5. The van der Waals surface area contributed by atoms with E-state index in [1.807, 2.05) is 44.7 Å². The Morgan fingerprint density at radius 2 is 2.10 bits per heavy atom. The Hall–Kier alpha value is -1.84. The quantitative estimate of drug-likeness (QED) is 0.921. The molecule has 0 saturated carbocycles. The Labute approximate surface area is 126 Å². The summed E-state index contributed by atoms with van der Waals surface area (Å²) in [7, 11) is 0. The van der Waals surface area contributed by atoms with Crippen LogP contribution >= 0.6 is 0 Å². The summed E-state index contributed by atoms with van der Waals surface area (Å²) in [6.07, 6.45) is 0.788.